The third-order valence-corrected chi connectivity index (χ3v) is 4.01. The van der Waals surface area contributed by atoms with Crippen molar-refractivity contribution in [3.8, 4) is 0 Å². The van der Waals surface area contributed by atoms with E-state index in [0.717, 1.165) is 12.8 Å². The zero-order valence-electron chi connectivity index (χ0n) is 12.8. The number of hydrogen-bond donors (Lipinski definition) is 3. The van der Waals surface area contributed by atoms with Crippen molar-refractivity contribution in [2.75, 3.05) is 10.6 Å². The average Bonchev–Trinajstić information content (AvgIpc) is 2.56. The van der Waals surface area contributed by atoms with Crippen LogP contribution in [0.15, 0.2) is 36.5 Å². The first kappa shape index (κ1) is 15.3. The topological polar surface area (TPSA) is 87.1 Å². The summed E-state index contributed by atoms with van der Waals surface area (Å²) in [5, 5.41) is 15.7. The van der Waals surface area contributed by atoms with Gasteiger partial charge in [0.15, 0.2) is 0 Å². The monoisotopic (exact) mass is 312 g/mol. The molecule has 1 fully saturated rings. The van der Waals surface area contributed by atoms with E-state index in [1.807, 2.05) is 0 Å². The predicted molar refractivity (Wildman–Crippen MR) is 89.2 cm³/mol. The number of rotatable bonds is 5. The number of para-hydroxylation sites is 1. The minimum absolute atomic E-state index is 0.216. The maximum Gasteiger partial charge on any atom is 0.337 e. The molecule has 120 valence electrons. The van der Waals surface area contributed by atoms with Crippen LogP contribution in [0.2, 0.25) is 0 Å². The van der Waals surface area contributed by atoms with Gasteiger partial charge >= 0.3 is 5.97 Å². The van der Waals surface area contributed by atoms with Gasteiger partial charge in [-0.2, -0.15) is 4.98 Å². The van der Waals surface area contributed by atoms with Crippen LogP contribution in [-0.4, -0.2) is 27.1 Å². The van der Waals surface area contributed by atoms with Crippen LogP contribution in [-0.2, 0) is 0 Å². The average molecular weight is 312 g/mol. The van der Waals surface area contributed by atoms with Gasteiger partial charge in [0.25, 0.3) is 0 Å². The van der Waals surface area contributed by atoms with Gasteiger partial charge in [0.05, 0.1) is 11.3 Å². The molecule has 0 radical (unpaired) electrons. The molecule has 2 aromatic rings. The van der Waals surface area contributed by atoms with Crippen LogP contribution < -0.4 is 10.6 Å². The van der Waals surface area contributed by atoms with Crippen LogP contribution in [0.4, 0.5) is 17.5 Å². The third kappa shape index (κ3) is 3.97. The van der Waals surface area contributed by atoms with E-state index in [1.54, 1.807) is 36.5 Å². The fourth-order valence-corrected chi connectivity index (χ4v) is 2.84. The van der Waals surface area contributed by atoms with E-state index in [1.165, 1.54) is 19.3 Å². The van der Waals surface area contributed by atoms with E-state index >= 15 is 0 Å². The van der Waals surface area contributed by atoms with Gasteiger partial charge < -0.3 is 15.7 Å². The Bertz CT molecular complexity index is 684. The van der Waals surface area contributed by atoms with Crippen LogP contribution in [0.25, 0.3) is 0 Å². The molecular weight excluding hydrogens is 292 g/mol. The van der Waals surface area contributed by atoms with Crippen LogP contribution in [0.3, 0.4) is 0 Å². The van der Waals surface area contributed by atoms with Crippen molar-refractivity contribution >= 4 is 23.4 Å². The van der Waals surface area contributed by atoms with Crippen molar-refractivity contribution in [1.29, 1.82) is 0 Å². The summed E-state index contributed by atoms with van der Waals surface area (Å²) in [6.45, 7) is 0. The Hall–Kier alpha value is -2.63. The number of anilines is 3. The van der Waals surface area contributed by atoms with Gasteiger partial charge in [-0.25, -0.2) is 9.78 Å². The second-order valence-electron chi connectivity index (χ2n) is 5.72. The van der Waals surface area contributed by atoms with Crippen molar-refractivity contribution in [3.05, 3.63) is 42.1 Å². The smallest absolute Gasteiger partial charge is 0.337 e. The fourth-order valence-electron chi connectivity index (χ4n) is 2.84. The van der Waals surface area contributed by atoms with Gasteiger partial charge in [0.2, 0.25) is 5.95 Å². The molecule has 3 N–H and O–H groups in total. The molecule has 1 aromatic heterocycles. The lowest BCUT2D eigenvalue weighted by Crippen LogP contribution is -2.23. The van der Waals surface area contributed by atoms with E-state index < -0.39 is 5.97 Å². The molecular formula is C17H20N4O2. The van der Waals surface area contributed by atoms with Crippen molar-refractivity contribution in [2.24, 2.45) is 0 Å². The number of aromatic carboxylic acids is 1. The third-order valence-electron chi connectivity index (χ3n) is 4.01. The molecule has 1 saturated carbocycles. The molecule has 6 heteroatoms. The van der Waals surface area contributed by atoms with E-state index in [0.29, 0.717) is 23.5 Å². The van der Waals surface area contributed by atoms with E-state index in [4.69, 9.17) is 0 Å². The molecule has 0 aliphatic heterocycles. The van der Waals surface area contributed by atoms with Gasteiger partial charge in [-0.3, -0.25) is 0 Å². The van der Waals surface area contributed by atoms with Crippen LogP contribution in [0, 0.1) is 0 Å². The maximum atomic E-state index is 11.3. The zero-order valence-corrected chi connectivity index (χ0v) is 12.8. The first-order valence-corrected chi connectivity index (χ1v) is 7.91. The van der Waals surface area contributed by atoms with E-state index in [9.17, 15) is 9.90 Å². The Kier molecular flexibility index (Phi) is 4.71. The first-order chi connectivity index (χ1) is 11.2. The summed E-state index contributed by atoms with van der Waals surface area (Å²) in [7, 11) is 0. The standard InChI is InChI=1S/C17H20N4O2/c22-16(23)13-8-4-5-9-14(13)20-15-10-11-18-17(21-15)19-12-6-2-1-3-7-12/h4-5,8-12H,1-3,6-7H2,(H,22,23)(H2,18,19,20,21). The molecule has 0 spiro atoms. The van der Waals surface area contributed by atoms with Crippen molar-refractivity contribution in [2.45, 2.75) is 38.1 Å². The number of benzene rings is 1. The molecule has 1 aromatic carbocycles. The Morgan fingerprint density at radius 1 is 1.13 bits per heavy atom. The number of aromatic nitrogens is 2. The van der Waals surface area contributed by atoms with Crippen LogP contribution in [0.1, 0.15) is 42.5 Å². The van der Waals surface area contributed by atoms with Gasteiger partial charge in [0.1, 0.15) is 5.82 Å². The summed E-state index contributed by atoms with van der Waals surface area (Å²) in [6, 6.07) is 8.92. The van der Waals surface area contributed by atoms with Crippen molar-refractivity contribution in [1.82, 2.24) is 9.97 Å². The highest BCUT2D eigenvalue weighted by molar-refractivity contribution is 5.94. The number of nitrogens with zero attached hydrogens (tertiary/aromatic N) is 2. The van der Waals surface area contributed by atoms with Gasteiger partial charge in [0, 0.05) is 12.2 Å². The fraction of sp³-hybridized carbons (Fsp3) is 0.353. The Labute approximate surface area is 135 Å². The zero-order chi connectivity index (χ0) is 16.1. The van der Waals surface area contributed by atoms with Crippen molar-refractivity contribution < 1.29 is 9.90 Å². The second-order valence-corrected chi connectivity index (χ2v) is 5.72. The molecule has 1 aliphatic rings. The minimum Gasteiger partial charge on any atom is -0.478 e. The number of carbonyl (C=O) groups is 1. The predicted octanol–water partition coefficient (Wildman–Crippen LogP) is 3.66. The van der Waals surface area contributed by atoms with Gasteiger partial charge in [-0.1, -0.05) is 31.4 Å². The highest BCUT2D eigenvalue weighted by Crippen LogP contribution is 2.22. The summed E-state index contributed by atoms with van der Waals surface area (Å²) in [4.78, 5) is 19.9. The molecule has 1 aliphatic carbocycles. The SMILES string of the molecule is O=C(O)c1ccccc1Nc1ccnc(NC2CCCCC2)n1. The summed E-state index contributed by atoms with van der Waals surface area (Å²) >= 11 is 0. The quantitative estimate of drug-likeness (QED) is 0.781. The lowest BCUT2D eigenvalue weighted by atomic mass is 9.96. The molecule has 23 heavy (non-hydrogen) atoms. The van der Waals surface area contributed by atoms with Crippen LogP contribution >= 0.6 is 0 Å². The van der Waals surface area contributed by atoms with Crippen molar-refractivity contribution in [3.63, 3.8) is 0 Å². The molecule has 0 unspecified atom stereocenters. The number of carboxylic acids is 1. The maximum absolute atomic E-state index is 11.3. The van der Waals surface area contributed by atoms with E-state index in [-0.39, 0.29) is 5.56 Å². The highest BCUT2D eigenvalue weighted by atomic mass is 16.4. The molecule has 0 saturated heterocycles. The Balaban J connectivity index is 1.74. The van der Waals surface area contributed by atoms with Gasteiger partial charge in [-0.05, 0) is 31.0 Å². The Morgan fingerprint density at radius 3 is 2.70 bits per heavy atom. The summed E-state index contributed by atoms with van der Waals surface area (Å²) in [6.07, 6.45) is 7.73. The minimum atomic E-state index is -0.970. The molecule has 0 atom stereocenters. The molecule has 0 bridgehead atoms. The largest absolute Gasteiger partial charge is 0.478 e. The van der Waals surface area contributed by atoms with Crippen LogP contribution in [0.5, 0.6) is 0 Å². The molecule has 0 amide bonds. The van der Waals surface area contributed by atoms with Gasteiger partial charge in [-0.15, -0.1) is 0 Å². The lowest BCUT2D eigenvalue weighted by Gasteiger charge is -2.22. The molecule has 3 rings (SSSR count). The lowest BCUT2D eigenvalue weighted by molar-refractivity contribution is 0.0698. The number of carboxylic acid groups (broad SMARTS) is 1. The second kappa shape index (κ2) is 7.09. The highest BCUT2D eigenvalue weighted by Gasteiger charge is 2.14. The van der Waals surface area contributed by atoms with E-state index in [2.05, 4.69) is 20.6 Å². The first-order valence-electron chi connectivity index (χ1n) is 7.91. The molecule has 1 heterocycles. The number of hydrogen-bond acceptors (Lipinski definition) is 5. The summed E-state index contributed by atoms with van der Waals surface area (Å²) in [5.74, 6) is 0.185. The number of nitrogens with one attached hydrogen (secondary N) is 2. The summed E-state index contributed by atoms with van der Waals surface area (Å²) in [5.41, 5.74) is 0.732. The Morgan fingerprint density at radius 2 is 1.91 bits per heavy atom. The summed E-state index contributed by atoms with van der Waals surface area (Å²) < 4.78 is 0. The normalized spacial score (nSPS) is 15.1. The molecule has 6 nitrogen and oxygen atoms in total.